The Bertz CT molecular complexity index is 592. The number of hydrogen-bond acceptors (Lipinski definition) is 4. The van der Waals surface area contributed by atoms with Gasteiger partial charge in [-0.1, -0.05) is 25.0 Å². The number of methoxy groups -OCH3 is 2. The Morgan fingerprint density at radius 2 is 1.83 bits per heavy atom. The van der Waals surface area contributed by atoms with E-state index < -0.39 is 0 Å². The van der Waals surface area contributed by atoms with E-state index in [0.29, 0.717) is 18.6 Å². The number of guanidine groups is 1. The molecule has 0 aromatic heterocycles. The second-order valence-corrected chi connectivity index (χ2v) is 7.57. The minimum atomic E-state index is 0. The number of rotatable bonds is 12. The highest BCUT2D eigenvalue weighted by Crippen LogP contribution is 2.40. The molecule has 2 rings (SSSR count). The second kappa shape index (κ2) is 14.8. The third-order valence-electron chi connectivity index (χ3n) is 5.48. The lowest BCUT2D eigenvalue weighted by atomic mass is 9.83. The minimum Gasteiger partial charge on any atom is -0.493 e. The van der Waals surface area contributed by atoms with Gasteiger partial charge in [0.25, 0.3) is 0 Å². The molecule has 0 radical (unpaired) electrons. The maximum absolute atomic E-state index is 5.78. The molecule has 0 amide bonds. The van der Waals surface area contributed by atoms with E-state index in [0.717, 1.165) is 44.3 Å². The van der Waals surface area contributed by atoms with Crippen LogP contribution in [0.5, 0.6) is 5.75 Å². The first-order valence-electron chi connectivity index (χ1n) is 10.4. The zero-order valence-electron chi connectivity index (χ0n) is 18.2. The summed E-state index contributed by atoms with van der Waals surface area (Å²) >= 11 is 0. The molecule has 1 aliphatic rings. The van der Waals surface area contributed by atoms with Crippen LogP contribution in [0.1, 0.15) is 44.1 Å². The Labute approximate surface area is 193 Å². The summed E-state index contributed by atoms with van der Waals surface area (Å²) in [5, 5.41) is 6.95. The van der Waals surface area contributed by atoms with E-state index in [1.54, 1.807) is 14.2 Å². The fourth-order valence-electron chi connectivity index (χ4n) is 3.77. The van der Waals surface area contributed by atoms with Crippen molar-refractivity contribution in [3.05, 3.63) is 29.8 Å². The van der Waals surface area contributed by atoms with Crippen LogP contribution in [-0.4, -0.2) is 53.6 Å². The largest absolute Gasteiger partial charge is 0.493 e. The van der Waals surface area contributed by atoms with Crippen LogP contribution < -0.4 is 15.4 Å². The van der Waals surface area contributed by atoms with Crippen molar-refractivity contribution in [2.75, 3.05) is 47.6 Å². The Morgan fingerprint density at radius 3 is 2.52 bits per heavy atom. The highest BCUT2D eigenvalue weighted by Gasteiger charge is 2.33. The first-order chi connectivity index (χ1) is 13.7. The molecule has 166 valence electrons. The molecule has 29 heavy (non-hydrogen) atoms. The standard InChI is InChI=1S/C22H37N3O3.HI/c1-23-21(25-18-22(12-15-27-3)10-4-5-11-22)24-17-19-8-6-9-20(16-19)28-14-7-13-26-2;/h6,8-9,16H,4-5,7,10-15,17-18H2,1-3H3,(H2,23,24,25);1H. The van der Waals surface area contributed by atoms with Gasteiger partial charge in [-0.3, -0.25) is 4.99 Å². The molecule has 0 spiro atoms. The van der Waals surface area contributed by atoms with Gasteiger partial charge in [0, 0.05) is 54.0 Å². The molecule has 0 saturated heterocycles. The Morgan fingerprint density at radius 1 is 1.07 bits per heavy atom. The van der Waals surface area contributed by atoms with Gasteiger partial charge in [0.1, 0.15) is 5.75 Å². The molecule has 0 unspecified atom stereocenters. The second-order valence-electron chi connectivity index (χ2n) is 7.57. The van der Waals surface area contributed by atoms with Crippen LogP contribution in [0.4, 0.5) is 0 Å². The molecule has 1 fully saturated rings. The van der Waals surface area contributed by atoms with Gasteiger partial charge in [0.15, 0.2) is 5.96 Å². The molecular formula is C22H38IN3O3. The average molecular weight is 519 g/mol. The number of hydrogen-bond donors (Lipinski definition) is 2. The first kappa shape index (κ1) is 26.0. The van der Waals surface area contributed by atoms with E-state index in [2.05, 4.69) is 27.8 Å². The van der Waals surface area contributed by atoms with Crippen molar-refractivity contribution < 1.29 is 14.2 Å². The molecule has 2 N–H and O–H groups in total. The third kappa shape index (κ3) is 9.53. The molecule has 0 bridgehead atoms. The van der Waals surface area contributed by atoms with Crippen molar-refractivity contribution in [1.29, 1.82) is 0 Å². The Kier molecular flexibility index (Phi) is 13.3. The molecule has 6 nitrogen and oxygen atoms in total. The molecule has 0 heterocycles. The lowest BCUT2D eigenvalue weighted by Crippen LogP contribution is -2.43. The van der Waals surface area contributed by atoms with Gasteiger partial charge in [-0.05, 0) is 42.4 Å². The van der Waals surface area contributed by atoms with Crippen molar-refractivity contribution >= 4 is 29.9 Å². The molecule has 0 aliphatic heterocycles. The van der Waals surface area contributed by atoms with E-state index in [1.807, 2.05) is 19.2 Å². The summed E-state index contributed by atoms with van der Waals surface area (Å²) in [7, 11) is 5.31. The summed E-state index contributed by atoms with van der Waals surface area (Å²) in [5.74, 6) is 1.73. The maximum atomic E-state index is 5.78. The van der Waals surface area contributed by atoms with Crippen LogP contribution in [0.3, 0.4) is 0 Å². The number of benzene rings is 1. The van der Waals surface area contributed by atoms with Gasteiger partial charge < -0.3 is 24.8 Å². The summed E-state index contributed by atoms with van der Waals surface area (Å²) < 4.78 is 16.2. The highest BCUT2D eigenvalue weighted by molar-refractivity contribution is 14.0. The van der Waals surface area contributed by atoms with Gasteiger partial charge in [-0.25, -0.2) is 0 Å². The van der Waals surface area contributed by atoms with Crippen LogP contribution >= 0.6 is 24.0 Å². The van der Waals surface area contributed by atoms with Crippen molar-refractivity contribution in [3.63, 3.8) is 0 Å². The number of nitrogens with one attached hydrogen (secondary N) is 2. The van der Waals surface area contributed by atoms with E-state index >= 15 is 0 Å². The lowest BCUT2D eigenvalue weighted by Gasteiger charge is -2.30. The highest BCUT2D eigenvalue weighted by atomic mass is 127. The monoisotopic (exact) mass is 519 g/mol. The fraction of sp³-hybridized carbons (Fsp3) is 0.682. The molecular weight excluding hydrogens is 481 g/mol. The number of halogens is 1. The van der Waals surface area contributed by atoms with E-state index in [4.69, 9.17) is 14.2 Å². The van der Waals surface area contributed by atoms with Crippen LogP contribution in [-0.2, 0) is 16.0 Å². The number of ether oxygens (including phenoxy) is 3. The fourth-order valence-corrected chi connectivity index (χ4v) is 3.77. The molecule has 7 heteroatoms. The zero-order valence-corrected chi connectivity index (χ0v) is 20.5. The predicted octanol–water partition coefficient (Wildman–Crippen LogP) is 3.98. The summed E-state index contributed by atoms with van der Waals surface area (Å²) in [6, 6.07) is 8.18. The number of aliphatic imine (C=N–C) groups is 1. The van der Waals surface area contributed by atoms with Crippen molar-refractivity contribution in [2.24, 2.45) is 10.4 Å². The summed E-state index contributed by atoms with van der Waals surface area (Å²) in [6.07, 6.45) is 7.16. The molecule has 1 aromatic carbocycles. The quantitative estimate of drug-likeness (QED) is 0.189. The normalized spacial score (nSPS) is 15.6. The Balaban J connectivity index is 0.00000420. The van der Waals surface area contributed by atoms with Gasteiger partial charge >= 0.3 is 0 Å². The third-order valence-corrected chi connectivity index (χ3v) is 5.48. The maximum Gasteiger partial charge on any atom is 0.191 e. The van der Waals surface area contributed by atoms with Crippen LogP contribution in [0, 0.1) is 5.41 Å². The van der Waals surface area contributed by atoms with Crippen LogP contribution in [0.2, 0.25) is 0 Å². The minimum absolute atomic E-state index is 0. The van der Waals surface area contributed by atoms with Gasteiger partial charge in [0.2, 0.25) is 0 Å². The van der Waals surface area contributed by atoms with E-state index in [9.17, 15) is 0 Å². The van der Waals surface area contributed by atoms with Gasteiger partial charge in [-0.2, -0.15) is 0 Å². The van der Waals surface area contributed by atoms with Crippen molar-refractivity contribution in [3.8, 4) is 5.75 Å². The van der Waals surface area contributed by atoms with Crippen LogP contribution in [0.25, 0.3) is 0 Å². The summed E-state index contributed by atoms with van der Waals surface area (Å²) in [6.45, 7) is 3.86. The van der Waals surface area contributed by atoms with Crippen LogP contribution in [0.15, 0.2) is 29.3 Å². The van der Waals surface area contributed by atoms with Crippen molar-refractivity contribution in [1.82, 2.24) is 10.6 Å². The topological polar surface area (TPSA) is 64.1 Å². The zero-order chi connectivity index (χ0) is 20.1. The smallest absolute Gasteiger partial charge is 0.191 e. The lowest BCUT2D eigenvalue weighted by molar-refractivity contribution is 0.138. The molecule has 1 saturated carbocycles. The Hall–Kier alpha value is -1.06. The van der Waals surface area contributed by atoms with Crippen molar-refractivity contribution in [2.45, 2.75) is 45.1 Å². The first-order valence-corrected chi connectivity index (χ1v) is 10.4. The van der Waals surface area contributed by atoms with E-state index in [1.165, 1.54) is 31.2 Å². The molecule has 1 aromatic rings. The predicted molar refractivity (Wildman–Crippen MR) is 129 cm³/mol. The van der Waals surface area contributed by atoms with Gasteiger partial charge in [0.05, 0.1) is 6.61 Å². The SMILES string of the molecule is CN=C(NCc1cccc(OCCCOC)c1)NCC1(CCOC)CCCC1.I. The molecule has 1 aliphatic carbocycles. The average Bonchev–Trinajstić information content (AvgIpc) is 3.19. The molecule has 0 atom stereocenters. The van der Waals surface area contributed by atoms with Gasteiger partial charge in [-0.15, -0.1) is 24.0 Å². The summed E-state index contributed by atoms with van der Waals surface area (Å²) in [4.78, 5) is 4.39. The number of nitrogens with zero attached hydrogens (tertiary/aromatic N) is 1. The summed E-state index contributed by atoms with van der Waals surface area (Å²) in [5.41, 5.74) is 1.51. The van der Waals surface area contributed by atoms with E-state index in [-0.39, 0.29) is 24.0 Å².